The monoisotopic (exact) mass is 506 g/mol. The summed E-state index contributed by atoms with van der Waals surface area (Å²) in [6.45, 7) is 2.51. The molecule has 0 saturated carbocycles. The number of halogens is 2. The van der Waals surface area contributed by atoms with Crippen LogP contribution in [-0.2, 0) is 28.9 Å². The summed E-state index contributed by atoms with van der Waals surface area (Å²) in [4.78, 5) is 16.9. The number of benzene rings is 3. The van der Waals surface area contributed by atoms with Crippen LogP contribution in [0.4, 0.5) is 8.78 Å². The standard InChI is InChI=1S/C29H28F2N2O4/c1-19-26(33-28(37-19)22-6-4-3-5-7-22)14-15-36-23-11-8-20(9-12-23)17-27(29(34)35-2)32-18-21-10-13-24(30)25(31)16-21/h3-13,16,27,32H,14-15,17-18H2,1-2H3/t27-/m0/s1. The molecule has 0 saturated heterocycles. The summed E-state index contributed by atoms with van der Waals surface area (Å²) in [5.74, 6) is -0.236. The molecule has 3 aromatic carbocycles. The van der Waals surface area contributed by atoms with Crippen molar-refractivity contribution >= 4 is 5.97 Å². The van der Waals surface area contributed by atoms with Crippen molar-refractivity contribution in [3.8, 4) is 17.2 Å². The molecule has 4 rings (SSSR count). The Bertz CT molecular complexity index is 1320. The molecule has 0 fully saturated rings. The van der Waals surface area contributed by atoms with Crippen LogP contribution in [0.2, 0.25) is 0 Å². The third kappa shape index (κ3) is 7.01. The lowest BCUT2D eigenvalue weighted by molar-refractivity contribution is -0.143. The van der Waals surface area contributed by atoms with E-state index >= 15 is 0 Å². The molecule has 0 aliphatic heterocycles. The van der Waals surface area contributed by atoms with E-state index in [9.17, 15) is 13.6 Å². The Labute approximate surface area is 214 Å². The Morgan fingerprint density at radius 1 is 1.00 bits per heavy atom. The number of esters is 1. The molecule has 1 aromatic heterocycles. The summed E-state index contributed by atoms with van der Waals surface area (Å²) in [5.41, 5.74) is 3.19. The lowest BCUT2D eigenvalue weighted by Crippen LogP contribution is -2.39. The van der Waals surface area contributed by atoms with E-state index in [0.29, 0.717) is 36.7 Å². The average molecular weight is 507 g/mol. The molecular weight excluding hydrogens is 478 g/mol. The van der Waals surface area contributed by atoms with Crippen molar-refractivity contribution in [2.45, 2.75) is 32.4 Å². The van der Waals surface area contributed by atoms with Gasteiger partial charge in [-0.05, 0) is 60.9 Å². The van der Waals surface area contributed by atoms with Gasteiger partial charge in [-0.3, -0.25) is 4.79 Å². The van der Waals surface area contributed by atoms with Crippen molar-refractivity contribution in [2.75, 3.05) is 13.7 Å². The fourth-order valence-electron chi connectivity index (χ4n) is 3.86. The highest BCUT2D eigenvalue weighted by molar-refractivity contribution is 5.76. The number of hydrogen-bond acceptors (Lipinski definition) is 6. The second kappa shape index (κ2) is 12.3. The summed E-state index contributed by atoms with van der Waals surface area (Å²) in [6.07, 6.45) is 0.958. The van der Waals surface area contributed by atoms with E-state index in [-0.39, 0.29) is 6.54 Å². The van der Waals surface area contributed by atoms with Gasteiger partial charge in [-0.2, -0.15) is 0 Å². The highest BCUT2D eigenvalue weighted by atomic mass is 19.2. The van der Waals surface area contributed by atoms with E-state index in [1.807, 2.05) is 61.5 Å². The van der Waals surface area contributed by atoms with E-state index < -0.39 is 23.6 Å². The molecule has 0 unspecified atom stereocenters. The van der Waals surface area contributed by atoms with Crippen molar-refractivity contribution in [3.05, 3.63) is 107 Å². The number of methoxy groups -OCH3 is 1. The SMILES string of the molecule is COC(=O)[C@H](Cc1ccc(OCCc2nc(-c3ccccc3)oc2C)cc1)NCc1ccc(F)c(F)c1. The van der Waals surface area contributed by atoms with Crippen LogP contribution in [0.1, 0.15) is 22.6 Å². The van der Waals surface area contributed by atoms with E-state index in [2.05, 4.69) is 10.3 Å². The number of carbonyl (C=O) groups excluding carboxylic acids is 1. The van der Waals surface area contributed by atoms with Gasteiger partial charge in [-0.1, -0.05) is 36.4 Å². The topological polar surface area (TPSA) is 73.6 Å². The maximum atomic E-state index is 13.5. The molecule has 4 aromatic rings. The summed E-state index contributed by atoms with van der Waals surface area (Å²) in [6, 6.07) is 20.1. The van der Waals surface area contributed by atoms with E-state index in [4.69, 9.17) is 13.9 Å². The van der Waals surface area contributed by atoms with Gasteiger partial charge in [-0.25, -0.2) is 13.8 Å². The lowest BCUT2D eigenvalue weighted by atomic mass is 10.1. The quantitative estimate of drug-likeness (QED) is 0.274. The minimum absolute atomic E-state index is 0.186. The number of rotatable bonds is 11. The summed E-state index contributed by atoms with van der Waals surface area (Å²) in [5, 5.41) is 3.06. The first-order chi connectivity index (χ1) is 17.9. The van der Waals surface area contributed by atoms with Crippen molar-refractivity contribution in [1.82, 2.24) is 10.3 Å². The molecule has 37 heavy (non-hydrogen) atoms. The average Bonchev–Trinajstić information content (AvgIpc) is 3.29. The molecule has 8 heteroatoms. The molecule has 1 atom stereocenters. The van der Waals surface area contributed by atoms with Crippen LogP contribution in [0.15, 0.2) is 77.2 Å². The fraction of sp³-hybridized carbons (Fsp3) is 0.241. The van der Waals surface area contributed by atoms with Gasteiger partial charge in [-0.15, -0.1) is 0 Å². The first-order valence-corrected chi connectivity index (χ1v) is 11.9. The molecule has 1 heterocycles. The van der Waals surface area contributed by atoms with Gasteiger partial charge in [0.15, 0.2) is 11.6 Å². The number of nitrogens with zero attached hydrogens (tertiary/aromatic N) is 1. The summed E-state index contributed by atoms with van der Waals surface area (Å²) in [7, 11) is 1.31. The highest BCUT2D eigenvalue weighted by Crippen LogP contribution is 2.22. The third-order valence-corrected chi connectivity index (χ3v) is 5.91. The van der Waals surface area contributed by atoms with Crippen molar-refractivity contribution in [1.29, 1.82) is 0 Å². The van der Waals surface area contributed by atoms with Crippen molar-refractivity contribution < 1.29 is 27.5 Å². The number of carbonyl (C=O) groups is 1. The third-order valence-electron chi connectivity index (χ3n) is 5.91. The molecule has 1 N–H and O–H groups in total. The van der Waals surface area contributed by atoms with Crippen LogP contribution < -0.4 is 10.1 Å². The first-order valence-electron chi connectivity index (χ1n) is 11.9. The second-order valence-electron chi connectivity index (χ2n) is 8.54. The number of ether oxygens (including phenoxy) is 2. The number of nitrogens with one attached hydrogen (secondary N) is 1. The molecule has 192 valence electrons. The van der Waals surface area contributed by atoms with Crippen LogP contribution in [0.3, 0.4) is 0 Å². The predicted molar refractivity (Wildman–Crippen MR) is 135 cm³/mol. The largest absolute Gasteiger partial charge is 0.493 e. The van der Waals surface area contributed by atoms with Crippen LogP contribution in [0, 0.1) is 18.6 Å². The molecular formula is C29H28F2N2O4. The maximum Gasteiger partial charge on any atom is 0.323 e. The van der Waals surface area contributed by atoms with Crippen molar-refractivity contribution in [2.24, 2.45) is 0 Å². The van der Waals surface area contributed by atoms with Gasteiger partial charge < -0.3 is 19.2 Å². The van der Waals surface area contributed by atoms with Crippen molar-refractivity contribution in [3.63, 3.8) is 0 Å². The van der Waals surface area contributed by atoms with Crippen LogP contribution in [-0.4, -0.2) is 30.7 Å². The van der Waals surface area contributed by atoms with Gasteiger partial charge >= 0.3 is 5.97 Å². The Hall–Kier alpha value is -4.04. The number of oxazole rings is 1. The van der Waals surface area contributed by atoms with Gasteiger partial charge in [0.05, 0.1) is 19.4 Å². The zero-order chi connectivity index (χ0) is 26.2. The number of aromatic nitrogens is 1. The Morgan fingerprint density at radius 3 is 2.43 bits per heavy atom. The molecule has 0 radical (unpaired) electrons. The van der Waals surface area contributed by atoms with Crippen LogP contribution >= 0.6 is 0 Å². The minimum Gasteiger partial charge on any atom is -0.493 e. The zero-order valence-electron chi connectivity index (χ0n) is 20.7. The molecule has 0 aliphatic carbocycles. The maximum absolute atomic E-state index is 13.5. The van der Waals surface area contributed by atoms with Gasteiger partial charge in [0.25, 0.3) is 0 Å². The van der Waals surface area contributed by atoms with E-state index in [1.165, 1.54) is 13.2 Å². The molecule has 0 spiro atoms. The van der Waals surface area contributed by atoms with Crippen LogP contribution in [0.25, 0.3) is 11.5 Å². The number of hydrogen-bond donors (Lipinski definition) is 1. The molecule has 6 nitrogen and oxygen atoms in total. The predicted octanol–water partition coefficient (Wildman–Crippen LogP) is 5.42. The fourth-order valence-corrected chi connectivity index (χ4v) is 3.86. The number of aryl methyl sites for hydroxylation is 1. The smallest absolute Gasteiger partial charge is 0.323 e. The minimum atomic E-state index is -0.931. The Kier molecular flexibility index (Phi) is 8.64. The van der Waals surface area contributed by atoms with Gasteiger partial charge in [0.1, 0.15) is 17.6 Å². The Morgan fingerprint density at radius 2 is 1.73 bits per heavy atom. The molecule has 0 amide bonds. The zero-order valence-corrected chi connectivity index (χ0v) is 20.7. The summed E-state index contributed by atoms with van der Waals surface area (Å²) >= 11 is 0. The molecule has 0 bridgehead atoms. The Balaban J connectivity index is 1.30. The van der Waals surface area contributed by atoms with Gasteiger partial charge in [0, 0.05) is 18.5 Å². The van der Waals surface area contributed by atoms with E-state index in [1.54, 1.807) is 0 Å². The summed E-state index contributed by atoms with van der Waals surface area (Å²) < 4.78 is 43.2. The first kappa shape index (κ1) is 26.0. The van der Waals surface area contributed by atoms with Crippen LogP contribution in [0.5, 0.6) is 5.75 Å². The highest BCUT2D eigenvalue weighted by Gasteiger charge is 2.19. The lowest BCUT2D eigenvalue weighted by Gasteiger charge is -2.17. The van der Waals surface area contributed by atoms with E-state index in [0.717, 1.165) is 34.7 Å². The van der Waals surface area contributed by atoms with Gasteiger partial charge in [0.2, 0.25) is 5.89 Å². The molecule has 0 aliphatic rings. The normalized spacial score (nSPS) is 11.8. The second-order valence-corrected chi connectivity index (χ2v) is 8.54.